The number of rotatable bonds is 5. The molecule has 0 aromatic heterocycles. The monoisotopic (exact) mass is 206 g/mol. The second-order valence-corrected chi connectivity index (χ2v) is 4.24. The predicted octanol–water partition coefficient (Wildman–Crippen LogP) is -0.303. The molecular weight excluding hydrogens is 196 g/mol. The minimum atomic E-state index is -0.908. The summed E-state index contributed by atoms with van der Waals surface area (Å²) in [4.78, 5) is 21.5. The number of nitrogens with two attached hydrogens (primary N) is 1. The van der Waals surface area contributed by atoms with E-state index in [9.17, 15) is 9.59 Å². The number of primary amides is 1. The van der Waals surface area contributed by atoms with Crippen LogP contribution in [-0.4, -0.2) is 22.3 Å². The van der Waals surface area contributed by atoms with Crippen molar-refractivity contribution >= 4 is 36.3 Å². The van der Waals surface area contributed by atoms with Gasteiger partial charge in [-0.1, -0.05) is 12.8 Å². The third-order valence-electron chi connectivity index (χ3n) is 1.45. The maximum Gasteiger partial charge on any atom is 0.287 e. The van der Waals surface area contributed by atoms with Gasteiger partial charge in [0.1, 0.15) is 5.37 Å². The lowest BCUT2D eigenvalue weighted by Crippen LogP contribution is -2.38. The van der Waals surface area contributed by atoms with Gasteiger partial charge in [-0.05, 0) is 12.8 Å². The molecule has 0 saturated heterocycles. The Morgan fingerprint density at radius 2 is 2.17 bits per heavy atom. The third-order valence-corrected chi connectivity index (χ3v) is 3.34. The van der Waals surface area contributed by atoms with Crippen LogP contribution < -0.4 is 10.5 Å². The van der Waals surface area contributed by atoms with Crippen molar-refractivity contribution in [1.29, 1.82) is 0 Å². The molecule has 1 aliphatic rings. The van der Waals surface area contributed by atoms with Crippen molar-refractivity contribution in [2.75, 3.05) is 0 Å². The van der Waals surface area contributed by atoms with Gasteiger partial charge in [0.2, 0.25) is 5.78 Å². The quantitative estimate of drug-likeness (QED) is 0.328. The highest BCUT2D eigenvalue weighted by Crippen LogP contribution is 2.36. The second-order valence-electron chi connectivity index (χ2n) is 2.57. The van der Waals surface area contributed by atoms with E-state index in [-0.39, 0.29) is 0 Å². The summed E-state index contributed by atoms with van der Waals surface area (Å²) >= 11 is 5.16. The number of hydrogen-bond donors (Lipinski definition) is 3. The van der Waals surface area contributed by atoms with Gasteiger partial charge >= 0.3 is 0 Å². The van der Waals surface area contributed by atoms with E-state index in [1.807, 2.05) is 0 Å². The molecular formula is C6H10N2O2S2. The van der Waals surface area contributed by atoms with Gasteiger partial charge in [0.05, 0.1) is 0 Å². The van der Waals surface area contributed by atoms with Gasteiger partial charge in [0, 0.05) is 5.25 Å². The first-order valence-corrected chi connectivity index (χ1v) is 4.93. The van der Waals surface area contributed by atoms with Crippen molar-refractivity contribution in [3.8, 4) is 0 Å². The van der Waals surface area contributed by atoms with Crippen molar-refractivity contribution < 1.29 is 9.59 Å². The molecule has 0 aromatic rings. The highest BCUT2D eigenvalue weighted by Gasteiger charge is 2.31. The number of Topliss-reactive ketones (excluding diaryl/α,β-unsaturated/α-hetero) is 1. The molecule has 3 N–H and O–H groups in total. The summed E-state index contributed by atoms with van der Waals surface area (Å²) in [5.74, 6) is -1.52. The Morgan fingerprint density at radius 3 is 2.50 bits per heavy atom. The van der Waals surface area contributed by atoms with E-state index in [4.69, 9.17) is 5.73 Å². The Morgan fingerprint density at radius 1 is 1.58 bits per heavy atom. The first-order chi connectivity index (χ1) is 5.65. The van der Waals surface area contributed by atoms with E-state index in [1.165, 1.54) is 11.8 Å². The Labute approximate surface area is 80.2 Å². The molecule has 0 aliphatic heterocycles. The van der Waals surface area contributed by atoms with E-state index in [0.717, 1.165) is 12.8 Å². The Hall–Kier alpha value is -0.200. The molecule has 12 heavy (non-hydrogen) atoms. The molecule has 68 valence electrons. The molecule has 1 unspecified atom stereocenters. The lowest BCUT2D eigenvalue weighted by Gasteiger charge is -2.10. The molecule has 1 saturated carbocycles. The number of carbonyl (C=O) groups excluding carboxylic acids is 2. The van der Waals surface area contributed by atoms with E-state index < -0.39 is 17.1 Å². The summed E-state index contributed by atoms with van der Waals surface area (Å²) in [5, 5.41) is -0.101. The molecule has 0 bridgehead atoms. The van der Waals surface area contributed by atoms with Crippen molar-refractivity contribution in [2.45, 2.75) is 23.5 Å². The molecule has 0 heterocycles. The third kappa shape index (κ3) is 2.69. The average Bonchev–Trinajstić information content (AvgIpc) is 2.82. The zero-order chi connectivity index (χ0) is 9.14. The van der Waals surface area contributed by atoms with Gasteiger partial charge < -0.3 is 5.73 Å². The highest BCUT2D eigenvalue weighted by molar-refractivity contribution is 8.02. The summed E-state index contributed by atoms with van der Waals surface area (Å²) in [5.41, 5.74) is 4.83. The molecule has 0 aromatic carbocycles. The van der Waals surface area contributed by atoms with Crippen LogP contribution in [0.4, 0.5) is 0 Å². The smallest absolute Gasteiger partial charge is 0.287 e. The molecule has 6 heteroatoms. The second kappa shape index (κ2) is 4.15. The molecule has 1 amide bonds. The lowest BCUT2D eigenvalue weighted by molar-refractivity contribution is -0.135. The minimum Gasteiger partial charge on any atom is -0.363 e. The standard InChI is InChI=1S/C6H10N2O2S2/c7-5(10)4(9)6(8-11)12-3-1-2-3/h3,6,8,11H,1-2H2,(H2,7,10). The molecule has 1 fully saturated rings. The van der Waals surface area contributed by atoms with Crippen LogP contribution >= 0.6 is 24.6 Å². The van der Waals surface area contributed by atoms with Gasteiger partial charge in [-0.15, -0.1) is 11.8 Å². The largest absolute Gasteiger partial charge is 0.363 e. The van der Waals surface area contributed by atoms with E-state index in [0.29, 0.717) is 5.25 Å². The zero-order valence-electron chi connectivity index (χ0n) is 6.32. The topological polar surface area (TPSA) is 72.2 Å². The van der Waals surface area contributed by atoms with Crippen LogP contribution in [-0.2, 0) is 9.59 Å². The molecule has 0 radical (unpaired) electrons. The Bertz CT molecular complexity index is 206. The lowest BCUT2D eigenvalue weighted by atomic mass is 10.4. The maximum atomic E-state index is 11.0. The first kappa shape index (κ1) is 9.88. The van der Waals surface area contributed by atoms with Crippen molar-refractivity contribution in [1.82, 2.24) is 4.72 Å². The van der Waals surface area contributed by atoms with Gasteiger partial charge in [-0.3, -0.25) is 9.59 Å². The summed E-state index contributed by atoms with van der Waals surface area (Å²) in [6.45, 7) is 0. The van der Waals surface area contributed by atoms with E-state index in [1.54, 1.807) is 0 Å². The van der Waals surface area contributed by atoms with Crippen LogP contribution in [0.1, 0.15) is 12.8 Å². The number of ketones is 1. The number of amides is 1. The normalized spacial score (nSPS) is 18.8. The molecule has 1 atom stereocenters. The number of thiol groups is 1. The SMILES string of the molecule is NC(=O)C(=O)C(NS)SC1CC1. The summed E-state index contributed by atoms with van der Waals surface area (Å²) in [6, 6.07) is 0. The van der Waals surface area contributed by atoms with Crippen LogP contribution in [0.3, 0.4) is 0 Å². The van der Waals surface area contributed by atoms with Gasteiger partial charge in [0.15, 0.2) is 0 Å². The number of carbonyl (C=O) groups is 2. The zero-order valence-corrected chi connectivity index (χ0v) is 8.03. The molecule has 1 rings (SSSR count). The average molecular weight is 206 g/mol. The van der Waals surface area contributed by atoms with Gasteiger partial charge in [0.25, 0.3) is 5.91 Å². The number of thioether (sulfide) groups is 1. The fourth-order valence-electron chi connectivity index (χ4n) is 0.677. The maximum absolute atomic E-state index is 11.0. The summed E-state index contributed by atoms with van der Waals surface area (Å²) < 4.78 is 2.46. The van der Waals surface area contributed by atoms with E-state index in [2.05, 4.69) is 17.5 Å². The predicted molar refractivity (Wildman–Crippen MR) is 50.7 cm³/mol. The van der Waals surface area contributed by atoms with Gasteiger partial charge in [-0.25, -0.2) is 4.72 Å². The molecule has 4 nitrogen and oxygen atoms in total. The Balaban J connectivity index is 2.41. The molecule has 1 aliphatic carbocycles. The summed E-state index contributed by atoms with van der Waals surface area (Å²) in [6.07, 6.45) is 2.20. The highest BCUT2D eigenvalue weighted by atomic mass is 32.2. The fraction of sp³-hybridized carbons (Fsp3) is 0.667. The van der Waals surface area contributed by atoms with Crippen molar-refractivity contribution in [3.63, 3.8) is 0 Å². The molecule has 0 spiro atoms. The first-order valence-electron chi connectivity index (χ1n) is 3.54. The van der Waals surface area contributed by atoms with Crippen LogP contribution in [0, 0.1) is 0 Å². The number of nitrogens with one attached hydrogen (secondary N) is 1. The fourth-order valence-corrected chi connectivity index (χ4v) is 2.07. The Kier molecular flexibility index (Phi) is 3.42. The summed E-state index contributed by atoms with van der Waals surface area (Å²) in [7, 11) is 0. The van der Waals surface area contributed by atoms with Crippen LogP contribution in [0.15, 0.2) is 0 Å². The number of hydrogen-bond acceptors (Lipinski definition) is 5. The van der Waals surface area contributed by atoms with E-state index >= 15 is 0 Å². The van der Waals surface area contributed by atoms with Crippen LogP contribution in [0.25, 0.3) is 0 Å². The van der Waals surface area contributed by atoms with Crippen LogP contribution in [0.2, 0.25) is 0 Å². The van der Waals surface area contributed by atoms with Crippen molar-refractivity contribution in [3.05, 3.63) is 0 Å². The van der Waals surface area contributed by atoms with Gasteiger partial charge in [-0.2, -0.15) is 0 Å². The van der Waals surface area contributed by atoms with Crippen molar-refractivity contribution in [2.24, 2.45) is 5.73 Å². The van der Waals surface area contributed by atoms with Crippen LogP contribution in [0.5, 0.6) is 0 Å². The minimum absolute atomic E-state index is 0.484.